The maximum Gasteiger partial charge on any atom is 0.222 e. The summed E-state index contributed by atoms with van der Waals surface area (Å²) < 4.78 is 19.1. The Morgan fingerprint density at radius 1 is 1.14 bits per heavy atom. The zero-order valence-corrected chi connectivity index (χ0v) is 20.4. The molecule has 1 amide bonds. The minimum atomic E-state index is -1.09. The van der Waals surface area contributed by atoms with Crippen LogP contribution in [0.2, 0.25) is 0 Å². The van der Waals surface area contributed by atoms with Crippen molar-refractivity contribution in [2.24, 2.45) is 4.99 Å². The van der Waals surface area contributed by atoms with Gasteiger partial charge in [-0.05, 0) is 62.8 Å². The minimum absolute atomic E-state index is 0.0422. The third kappa shape index (κ3) is 10.7. The normalized spacial score (nSPS) is 13.4. The highest BCUT2D eigenvalue weighted by Gasteiger charge is 2.05. The van der Waals surface area contributed by atoms with Crippen LogP contribution in [0.15, 0.2) is 83.4 Å². The molecule has 186 valence electrons. The van der Waals surface area contributed by atoms with Gasteiger partial charge in [0.25, 0.3) is 0 Å². The Labute approximate surface area is 206 Å². The van der Waals surface area contributed by atoms with E-state index in [1.165, 1.54) is 30.4 Å². The maximum atomic E-state index is 13.5. The molecule has 2 aromatic rings. The summed E-state index contributed by atoms with van der Waals surface area (Å²) in [5.74, 6) is 0.490. The molecule has 2 aromatic carbocycles. The Kier molecular flexibility index (Phi) is 11.3. The predicted octanol–water partition coefficient (Wildman–Crippen LogP) is 5.41. The number of halogens is 1. The van der Waals surface area contributed by atoms with Gasteiger partial charge in [-0.25, -0.2) is 4.39 Å². The molecule has 1 atom stereocenters. The second-order valence-corrected chi connectivity index (χ2v) is 7.97. The highest BCUT2D eigenvalue weighted by Crippen LogP contribution is 2.21. The molecule has 0 spiro atoms. The van der Waals surface area contributed by atoms with Crippen molar-refractivity contribution in [3.8, 4) is 17.2 Å². The van der Waals surface area contributed by atoms with Crippen LogP contribution in [0.5, 0.6) is 17.2 Å². The van der Waals surface area contributed by atoms with E-state index in [0.717, 1.165) is 11.1 Å². The summed E-state index contributed by atoms with van der Waals surface area (Å²) in [5.41, 5.74) is 2.99. The smallest absolute Gasteiger partial charge is 0.222 e. The van der Waals surface area contributed by atoms with Crippen molar-refractivity contribution in [3.05, 3.63) is 89.5 Å². The van der Waals surface area contributed by atoms with Crippen LogP contribution in [0.25, 0.3) is 0 Å². The number of allylic oxidation sites excluding steroid dienone is 5. The van der Waals surface area contributed by atoms with Crippen molar-refractivity contribution in [1.82, 2.24) is 5.32 Å². The molecule has 0 aliphatic heterocycles. The van der Waals surface area contributed by atoms with Gasteiger partial charge in [-0.2, -0.15) is 0 Å². The Balaban J connectivity index is 1.72. The van der Waals surface area contributed by atoms with E-state index in [1.54, 1.807) is 19.9 Å². The van der Waals surface area contributed by atoms with Gasteiger partial charge in [0.2, 0.25) is 5.91 Å². The van der Waals surface area contributed by atoms with Gasteiger partial charge < -0.3 is 20.3 Å². The fourth-order valence-electron chi connectivity index (χ4n) is 3.14. The van der Waals surface area contributed by atoms with Crippen LogP contribution in [-0.4, -0.2) is 41.2 Å². The molecular weight excluding hydrogens is 447 g/mol. The molecule has 0 aliphatic rings. The molecule has 2 rings (SSSR count). The number of aromatic hydroxyl groups is 2. The molecule has 6 nitrogen and oxygen atoms in total. The van der Waals surface area contributed by atoms with Crippen molar-refractivity contribution >= 4 is 11.6 Å². The molecule has 7 heteroatoms. The quantitative estimate of drug-likeness (QED) is 0.215. The van der Waals surface area contributed by atoms with Gasteiger partial charge in [0.05, 0.1) is 0 Å². The fraction of sp³-hybridized carbons (Fsp3) is 0.286. The highest BCUT2D eigenvalue weighted by molar-refractivity contribution is 5.99. The molecule has 0 fully saturated rings. The number of hydrogen-bond donors (Lipinski definition) is 3. The number of rotatable bonds is 12. The Morgan fingerprint density at radius 3 is 2.49 bits per heavy atom. The number of ether oxygens (including phenoxy) is 1. The second kappa shape index (κ2) is 14.4. The largest absolute Gasteiger partial charge is 0.508 e. The zero-order chi connectivity index (χ0) is 25.6. The van der Waals surface area contributed by atoms with Crippen LogP contribution < -0.4 is 10.1 Å². The lowest BCUT2D eigenvalue weighted by Gasteiger charge is -2.07. The average Bonchev–Trinajstić information content (AvgIpc) is 2.80. The van der Waals surface area contributed by atoms with Crippen LogP contribution >= 0.6 is 0 Å². The van der Waals surface area contributed by atoms with Crippen molar-refractivity contribution < 1.29 is 24.1 Å². The number of nitrogens with one attached hydrogen (secondary N) is 1. The molecule has 35 heavy (non-hydrogen) atoms. The standard InChI is InChI=1S/C28H33FN2O4/c1-4-6-24(29)15-20(2)7-5-14-35-27-10-8-22(9-11-27)19-31-28(34)12-13-30-21(3)23-16-25(32)18-26(33)17-23/h4-11,15-18,24,32-33H,12-14,19H2,1-3H3,(H,31,34)/b6-4-,7-5+,20-15?,30-21?. The van der Waals surface area contributed by atoms with E-state index in [9.17, 15) is 19.4 Å². The van der Waals surface area contributed by atoms with Gasteiger partial charge in [-0.15, -0.1) is 0 Å². The van der Waals surface area contributed by atoms with E-state index in [-0.39, 0.29) is 23.8 Å². The number of aliphatic imine (C=N–C) groups is 1. The van der Waals surface area contributed by atoms with Gasteiger partial charge in [0, 0.05) is 36.9 Å². The predicted molar refractivity (Wildman–Crippen MR) is 138 cm³/mol. The van der Waals surface area contributed by atoms with Crippen molar-refractivity contribution in [2.45, 2.75) is 39.9 Å². The number of benzene rings is 2. The van der Waals surface area contributed by atoms with E-state index >= 15 is 0 Å². The van der Waals surface area contributed by atoms with E-state index < -0.39 is 6.17 Å². The average molecular weight is 481 g/mol. The minimum Gasteiger partial charge on any atom is -0.508 e. The first-order chi connectivity index (χ1) is 16.8. The molecule has 3 N–H and O–H groups in total. The third-order valence-electron chi connectivity index (χ3n) is 4.95. The van der Waals surface area contributed by atoms with Crippen molar-refractivity contribution in [1.29, 1.82) is 0 Å². The summed E-state index contributed by atoms with van der Waals surface area (Å²) in [6.07, 6.45) is 7.49. The number of phenols is 2. The van der Waals surface area contributed by atoms with Crippen LogP contribution in [0.4, 0.5) is 4.39 Å². The summed E-state index contributed by atoms with van der Waals surface area (Å²) in [6, 6.07) is 11.7. The molecule has 1 unspecified atom stereocenters. The lowest BCUT2D eigenvalue weighted by Crippen LogP contribution is -2.23. The van der Waals surface area contributed by atoms with Gasteiger partial charge >= 0.3 is 0 Å². The van der Waals surface area contributed by atoms with E-state index in [2.05, 4.69) is 10.3 Å². The molecule has 0 aromatic heterocycles. The van der Waals surface area contributed by atoms with Gasteiger partial charge in [-0.1, -0.05) is 35.9 Å². The SMILES string of the molecule is C/C=C\C(F)C=C(C)/C=C/COc1ccc(CNC(=O)CCN=C(C)c2cc(O)cc(O)c2)cc1. The van der Waals surface area contributed by atoms with Crippen LogP contribution in [0.3, 0.4) is 0 Å². The Bertz CT molecular complexity index is 1070. The number of carbonyl (C=O) groups is 1. The second-order valence-electron chi connectivity index (χ2n) is 7.97. The molecule has 0 bridgehead atoms. The fourth-order valence-corrected chi connectivity index (χ4v) is 3.14. The monoisotopic (exact) mass is 480 g/mol. The summed E-state index contributed by atoms with van der Waals surface area (Å²) in [7, 11) is 0. The highest BCUT2D eigenvalue weighted by atomic mass is 19.1. The molecule has 0 aliphatic carbocycles. The number of alkyl halides is 1. The van der Waals surface area contributed by atoms with Gasteiger partial charge in [0.15, 0.2) is 0 Å². The summed E-state index contributed by atoms with van der Waals surface area (Å²) >= 11 is 0. The lowest BCUT2D eigenvalue weighted by molar-refractivity contribution is -0.121. The lowest BCUT2D eigenvalue weighted by atomic mass is 10.1. The molecule has 0 saturated heterocycles. The number of phenolic OH excluding ortho intramolecular Hbond substituents is 2. The number of nitrogens with zero attached hydrogens (tertiary/aromatic N) is 1. The molecular formula is C28H33FN2O4. The topological polar surface area (TPSA) is 91.2 Å². The maximum absolute atomic E-state index is 13.5. The zero-order valence-electron chi connectivity index (χ0n) is 20.4. The Hall–Kier alpha value is -3.87. The summed E-state index contributed by atoms with van der Waals surface area (Å²) in [5, 5.41) is 22.0. The first-order valence-corrected chi connectivity index (χ1v) is 11.4. The molecule has 0 radical (unpaired) electrons. The first-order valence-electron chi connectivity index (χ1n) is 11.4. The molecule has 0 saturated carbocycles. The van der Waals surface area contributed by atoms with Crippen molar-refractivity contribution in [3.63, 3.8) is 0 Å². The summed E-state index contributed by atoms with van der Waals surface area (Å²) in [4.78, 5) is 16.5. The Morgan fingerprint density at radius 2 is 1.83 bits per heavy atom. The summed E-state index contributed by atoms with van der Waals surface area (Å²) in [6.45, 7) is 6.43. The third-order valence-corrected chi connectivity index (χ3v) is 4.95. The van der Waals surface area contributed by atoms with Crippen LogP contribution in [0.1, 0.15) is 38.3 Å². The van der Waals surface area contributed by atoms with Crippen molar-refractivity contribution in [2.75, 3.05) is 13.2 Å². The molecule has 0 heterocycles. The number of amides is 1. The van der Waals surface area contributed by atoms with Crippen LogP contribution in [0, 0.1) is 0 Å². The van der Waals surface area contributed by atoms with Gasteiger partial charge in [-0.3, -0.25) is 9.79 Å². The van der Waals surface area contributed by atoms with Gasteiger partial charge in [0.1, 0.15) is 30.0 Å². The number of carbonyl (C=O) groups excluding carboxylic acids is 1. The van der Waals surface area contributed by atoms with E-state index in [4.69, 9.17) is 4.74 Å². The first kappa shape index (κ1) is 27.4. The number of hydrogen-bond acceptors (Lipinski definition) is 5. The van der Waals surface area contributed by atoms with E-state index in [1.807, 2.05) is 43.3 Å². The van der Waals surface area contributed by atoms with E-state index in [0.29, 0.717) is 36.7 Å². The van der Waals surface area contributed by atoms with Crippen LogP contribution in [-0.2, 0) is 11.3 Å².